The first-order valence-electron chi connectivity index (χ1n) is 5.64. The molecular weight excluding hydrogens is 290 g/mol. The molecule has 0 heterocycles. The van der Waals surface area contributed by atoms with E-state index >= 15 is 0 Å². The van der Waals surface area contributed by atoms with Crippen LogP contribution in [0, 0.1) is 0 Å². The molecule has 1 N–H and O–H groups in total. The van der Waals surface area contributed by atoms with Crippen molar-refractivity contribution >= 4 is 33.7 Å². The van der Waals surface area contributed by atoms with Crippen molar-refractivity contribution in [2.75, 3.05) is 45.0 Å². The molecule has 19 heavy (non-hydrogen) atoms. The minimum Gasteiger partial charge on any atom is -0.461 e. The van der Waals surface area contributed by atoms with E-state index in [1.165, 1.54) is 0 Å². The minimum atomic E-state index is -0.517. The van der Waals surface area contributed by atoms with Gasteiger partial charge in [-0.3, -0.25) is 0 Å². The van der Waals surface area contributed by atoms with Crippen LogP contribution in [-0.4, -0.2) is 57.0 Å². The Bertz CT molecular complexity index is 276. The van der Waals surface area contributed by atoms with Crippen molar-refractivity contribution in [1.82, 2.24) is 5.32 Å². The maximum atomic E-state index is 11.2. The predicted molar refractivity (Wildman–Crippen MR) is 77.3 cm³/mol. The van der Waals surface area contributed by atoms with Crippen molar-refractivity contribution in [1.29, 1.82) is 0 Å². The summed E-state index contributed by atoms with van der Waals surface area (Å²) >= 11 is 0. The molecule has 0 aromatic rings. The summed E-state index contributed by atoms with van der Waals surface area (Å²) in [5.41, 5.74) is 0. The van der Waals surface area contributed by atoms with Crippen LogP contribution < -0.4 is 5.32 Å². The summed E-state index contributed by atoms with van der Waals surface area (Å²) in [7, 11) is 4.95. The molecule has 0 saturated carbocycles. The van der Waals surface area contributed by atoms with Crippen LogP contribution in [0.25, 0.3) is 0 Å². The lowest BCUT2D eigenvalue weighted by molar-refractivity contribution is -0.137. The molecule has 1 amide bonds. The number of alkyl carbamates (subject to hydrolysis) is 1. The van der Waals surface area contributed by atoms with Crippen molar-refractivity contribution in [3.63, 3.8) is 0 Å². The second-order valence-electron chi connectivity index (χ2n) is 3.07. The molecule has 0 rings (SSSR count). The Balaban J connectivity index is 3.25. The van der Waals surface area contributed by atoms with Crippen molar-refractivity contribution in [2.45, 2.75) is 0 Å². The molecule has 0 spiro atoms. The van der Waals surface area contributed by atoms with Crippen LogP contribution >= 0.6 is 21.6 Å². The van der Waals surface area contributed by atoms with Crippen molar-refractivity contribution < 1.29 is 23.8 Å². The monoisotopic (exact) mass is 309 g/mol. The standard InChI is InChI=1S/C11H19NO5S2/c1-3-10(13)16-5-4-12-11(14)17-7-9-19-18-8-6-15-2/h3H,1,4-9H2,2H3,(H,12,14). The second-order valence-corrected chi connectivity index (χ2v) is 5.77. The normalized spacial score (nSPS) is 9.74. The molecule has 110 valence electrons. The number of methoxy groups -OCH3 is 1. The molecule has 0 unspecified atom stereocenters. The smallest absolute Gasteiger partial charge is 0.407 e. The topological polar surface area (TPSA) is 73.9 Å². The highest BCUT2D eigenvalue weighted by Gasteiger charge is 2.02. The largest absolute Gasteiger partial charge is 0.461 e. The highest BCUT2D eigenvalue weighted by Crippen LogP contribution is 2.19. The van der Waals surface area contributed by atoms with E-state index in [9.17, 15) is 9.59 Å². The number of carbonyl (C=O) groups is 2. The van der Waals surface area contributed by atoms with Gasteiger partial charge < -0.3 is 19.5 Å². The van der Waals surface area contributed by atoms with E-state index in [0.29, 0.717) is 19.0 Å². The van der Waals surface area contributed by atoms with Gasteiger partial charge in [0.2, 0.25) is 0 Å². The molecule has 0 fully saturated rings. The first kappa shape index (κ1) is 18.1. The molecule has 0 aliphatic carbocycles. The maximum Gasteiger partial charge on any atom is 0.407 e. The minimum absolute atomic E-state index is 0.0988. The lowest BCUT2D eigenvalue weighted by Gasteiger charge is -2.06. The highest BCUT2D eigenvalue weighted by atomic mass is 33.1. The van der Waals surface area contributed by atoms with Crippen LogP contribution in [0.4, 0.5) is 4.79 Å². The van der Waals surface area contributed by atoms with E-state index in [4.69, 9.17) is 9.47 Å². The molecule has 0 saturated heterocycles. The van der Waals surface area contributed by atoms with Gasteiger partial charge >= 0.3 is 12.1 Å². The second kappa shape index (κ2) is 13.6. The molecule has 0 atom stereocenters. The molecule has 0 radical (unpaired) electrons. The van der Waals surface area contributed by atoms with E-state index in [-0.39, 0.29) is 13.2 Å². The maximum absolute atomic E-state index is 11.2. The van der Waals surface area contributed by atoms with Gasteiger partial charge in [0.1, 0.15) is 13.2 Å². The van der Waals surface area contributed by atoms with E-state index in [0.717, 1.165) is 11.8 Å². The van der Waals surface area contributed by atoms with Crippen LogP contribution in [0.2, 0.25) is 0 Å². The quantitative estimate of drug-likeness (QED) is 0.268. The van der Waals surface area contributed by atoms with Gasteiger partial charge in [0.25, 0.3) is 0 Å². The molecule has 8 heteroatoms. The van der Waals surface area contributed by atoms with E-state index in [1.807, 2.05) is 0 Å². The average molecular weight is 309 g/mol. The molecular formula is C11H19NO5S2. The van der Waals surface area contributed by atoms with Gasteiger partial charge in [-0.15, -0.1) is 0 Å². The van der Waals surface area contributed by atoms with Gasteiger partial charge in [-0.25, -0.2) is 9.59 Å². The fourth-order valence-electron chi connectivity index (χ4n) is 0.818. The third kappa shape index (κ3) is 13.4. The summed E-state index contributed by atoms with van der Waals surface area (Å²) in [4.78, 5) is 21.8. The van der Waals surface area contributed by atoms with Gasteiger partial charge in [-0.1, -0.05) is 28.2 Å². The molecule has 0 aromatic heterocycles. The van der Waals surface area contributed by atoms with Crippen LogP contribution in [0.1, 0.15) is 0 Å². The number of rotatable bonds is 11. The van der Waals surface area contributed by atoms with Gasteiger partial charge in [0.05, 0.1) is 13.2 Å². The third-order valence-electron chi connectivity index (χ3n) is 1.64. The zero-order valence-corrected chi connectivity index (χ0v) is 12.5. The first-order valence-corrected chi connectivity index (χ1v) is 8.12. The van der Waals surface area contributed by atoms with Gasteiger partial charge in [0.15, 0.2) is 0 Å². The van der Waals surface area contributed by atoms with E-state index in [1.54, 1.807) is 28.7 Å². The molecule has 0 aliphatic rings. The number of nitrogens with one attached hydrogen (secondary N) is 1. The van der Waals surface area contributed by atoms with Crippen LogP contribution in [-0.2, 0) is 19.0 Å². The Hall–Kier alpha value is -0.860. The summed E-state index contributed by atoms with van der Waals surface area (Å²) in [6.45, 7) is 4.61. The molecule has 0 aliphatic heterocycles. The summed E-state index contributed by atoms with van der Waals surface area (Å²) in [6, 6.07) is 0. The number of hydrogen-bond donors (Lipinski definition) is 1. The van der Waals surface area contributed by atoms with Crippen LogP contribution in [0.15, 0.2) is 12.7 Å². The number of carbonyl (C=O) groups excluding carboxylic acids is 2. The Morgan fingerprint density at radius 1 is 1.16 bits per heavy atom. The molecule has 0 aromatic carbocycles. The number of esters is 1. The fourth-order valence-corrected chi connectivity index (χ4v) is 2.56. The third-order valence-corrected chi connectivity index (χ3v) is 3.97. The van der Waals surface area contributed by atoms with Gasteiger partial charge in [-0.2, -0.15) is 0 Å². The van der Waals surface area contributed by atoms with E-state index < -0.39 is 12.1 Å². The van der Waals surface area contributed by atoms with Crippen molar-refractivity contribution in [2.24, 2.45) is 0 Å². The summed E-state index contributed by atoms with van der Waals surface area (Å²) in [6.07, 6.45) is 0.550. The Labute approximate surface area is 121 Å². The Kier molecular flexibility index (Phi) is 13.0. The van der Waals surface area contributed by atoms with Crippen molar-refractivity contribution in [3.8, 4) is 0 Å². The Morgan fingerprint density at radius 2 is 1.84 bits per heavy atom. The fraction of sp³-hybridized carbons (Fsp3) is 0.636. The summed E-state index contributed by atoms with van der Waals surface area (Å²) in [5, 5.41) is 2.46. The zero-order valence-electron chi connectivity index (χ0n) is 10.9. The van der Waals surface area contributed by atoms with Crippen molar-refractivity contribution in [3.05, 3.63) is 12.7 Å². The SMILES string of the molecule is C=CC(=O)OCCNC(=O)OCCSSCCOC. The zero-order chi connectivity index (χ0) is 14.3. The lowest BCUT2D eigenvalue weighted by Crippen LogP contribution is -2.29. The molecule has 0 bridgehead atoms. The van der Waals surface area contributed by atoms with Gasteiger partial charge in [-0.05, 0) is 0 Å². The summed E-state index contributed by atoms with van der Waals surface area (Å²) in [5.74, 6) is 1.11. The number of hydrogen-bond acceptors (Lipinski definition) is 7. The van der Waals surface area contributed by atoms with E-state index in [2.05, 4.69) is 16.6 Å². The lowest BCUT2D eigenvalue weighted by atomic mass is 10.6. The number of amides is 1. The molecule has 6 nitrogen and oxygen atoms in total. The van der Waals surface area contributed by atoms with Gasteiger partial charge in [0, 0.05) is 24.7 Å². The Morgan fingerprint density at radius 3 is 2.47 bits per heavy atom. The average Bonchev–Trinajstić information content (AvgIpc) is 2.42. The summed E-state index contributed by atoms with van der Waals surface area (Å²) < 4.78 is 14.5. The predicted octanol–water partition coefficient (Wildman–Crippen LogP) is 1.47. The van der Waals surface area contributed by atoms with Crippen LogP contribution in [0.3, 0.4) is 0 Å². The highest BCUT2D eigenvalue weighted by molar-refractivity contribution is 8.76. The number of ether oxygens (including phenoxy) is 3. The van der Waals surface area contributed by atoms with Crippen LogP contribution in [0.5, 0.6) is 0 Å². The first-order chi connectivity index (χ1) is 9.20.